The maximum atomic E-state index is 12.8. The van der Waals surface area contributed by atoms with Crippen molar-refractivity contribution in [2.24, 2.45) is 0 Å². The highest BCUT2D eigenvalue weighted by molar-refractivity contribution is 6.10. The Balaban J connectivity index is 0.000000135. The number of hydrogen-bond donors (Lipinski definition) is 4. The molecular formula is C82H58F12N18O4. The summed E-state index contributed by atoms with van der Waals surface area (Å²) < 4.78 is 160. The molecule has 8 heterocycles. The van der Waals surface area contributed by atoms with E-state index in [9.17, 15) is 71.9 Å². The molecule has 584 valence electrons. The van der Waals surface area contributed by atoms with E-state index in [1.54, 1.807) is 61.3 Å². The number of carbonyl (C=O) groups is 4. The van der Waals surface area contributed by atoms with Crippen LogP contribution in [-0.2, 0) is 50.9 Å². The summed E-state index contributed by atoms with van der Waals surface area (Å²) >= 11 is 0. The third kappa shape index (κ3) is 19.5. The van der Waals surface area contributed by atoms with Crippen molar-refractivity contribution in [1.82, 2.24) is 69.0 Å². The molecule has 0 atom stereocenters. The largest absolute Gasteiger partial charge is 0.416 e. The number of aromatic nitrogens is 14. The molecule has 116 heavy (non-hydrogen) atoms. The van der Waals surface area contributed by atoms with E-state index >= 15 is 0 Å². The van der Waals surface area contributed by atoms with Gasteiger partial charge in [0.2, 0.25) is 0 Å². The van der Waals surface area contributed by atoms with Crippen LogP contribution in [0.5, 0.6) is 0 Å². The molecule has 0 spiro atoms. The minimum atomic E-state index is -4.38. The molecule has 0 unspecified atom stereocenters. The Morgan fingerprint density at radius 3 is 0.888 bits per heavy atom. The first-order valence-corrected chi connectivity index (χ1v) is 34.7. The van der Waals surface area contributed by atoms with Crippen LogP contribution in [-0.4, -0.2) is 92.7 Å². The number of benzene rings is 8. The third-order valence-corrected chi connectivity index (χ3v) is 17.5. The SMILES string of the molecule is O=C(Nc1nn(Cc2ccc(C(F)(F)F)cc2)c2ccccc12)c1ccccn1.O=C(Nc1nn(Cc2ccc(C(F)(F)F)cc2)c2ccccc12)c1cccnc1.O=C(Nc1nn(Cc2ccc(C(F)(F)F)cc2)c2ccccc12)c1cnccn1.O=C(Nc1nn(Cc2ccc(C(F)(F)F)cc2)c2ccccc12)c1cncnc1. The van der Waals surface area contributed by atoms with E-state index in [1.807, 2.05) is 91.0 Å². The van der Waals surface area contributed by atoms with Crippen molar-refractivity contribution in [3.05, 3.63) is 347 Å². The number of hydrogen-bond acceptors (Lipinski definition) is 14. The van der Waals surface area contributed by atoms with Gasteiger partial charge in [0.1, 0.15) is 17.7 Å². The quantitative estimate of drug-likeness (QED) is 0.0656. The van der Waals surface area contributed by atoms with Gasteiger partial charge in [0.15, 0.2) is 23.3 Å². The maximum Gasteiger partial charge on any atom is 0.416 e. The second-order valence-electron chi connectivity index (χ2n) is 25.4. The number of rotatable bonds is 16. The molecule has 0 aliphatic carbocycles. The van der Waals surface area contributed by atoms with Crippen LogP contribution in [0.2, 0.25) is 0 Å². The number of alkyl halides is 12. The molecule has 34 heteroatoms. The van der Waals surface area contributed by atoms with Crippen molar-refractivity contribution >= 4 is 90.5 Å². The van der Waals surface area contributed by atoms with Gasteiger partial charge in [-0.05, 0) is 144 Å². The lowest BCUT2D eigenvalue weighted by Gasteiger charge is -2.08. The van der Waals surface area contributed by atoms with E-state index in [4.69, 9.17) is 0 Å². The zero-order chi connectivity index (χ0) is 81.7. The predicted molar refractivity (Wildman–Crippen MR) is 405 cm³/mol. The molecule has 8 aromatic carbocycles. The standard InChI is InChI=1S/2C21H15F3N4O.2C20H14F3N5O/c22-21(23,24)15-10-8-14(9-11-15)13-28-18-7-2-1-5-16(18)19(27-28)26-20(29)17-6-3-4-12-25-17;22-21(23,24)16-9-7-14(8-10-16)13-28-18-6-2-1-5-17(18)19(27-28)26-20(29)15-4-3-11-25-12-15;21-20(22,23)15-7-5-13(6-8-15)11-28-17-4-2-1-3-16(17)18(27-28)26-19(29)14-9-24-12-25-10-14;21-20(22,23)14-7-5-13(6-8-14)12-28-17-4-2-1-3-15(17)18(27-28)26-19(29)16-11-24-9-10-25-16/h2*1-12H,13H2,(H,26,27,29);1-10,12H,11H2,(H,26,27,29);1-11H,12H2,(H,26,27,29). The first-order chi connectivity index (χ1) is 55.7. The summed E-state index contributed by atoms with van der Waals surface area (Å²) in [5.74, 6) is -0.175. The lowest BCUT2D eigenvalue weighted by Crippen LogP contribution is -2.14. The number of carbonyl (C=O) groups excluding carboxylic acids is 4. The number of pyridine rings is 2. The molecule has 4 amide bonds. The molecule has 0 aliphatic rings. The molecule has 0 aliphatic heterocycles. The summed E-state index contributed by atoms with van der Waals surface area (Å²) in [7, 11) is 0. The predicted octanol–water partition coefficient (Wildman–Crippen LogP) is 17.8. The van der Waals surface area contributed by atoms with E-state index in [0.717, 1.165) is 81.4 Å². The number of fused-ring (bicyclic) bond motifs is 4. The third-order valence-electron chi connectivity index (χ3n) is 17.5. The van der Waals surface area contributed by atoms with Gasteiger partial charge < -0.3 is 21.3 Å². The van der Waals surface area contributed by atoms with Crippen LogP contribution in [0.4, 0.5) is 76.0 Å². The number of amides is 4. The number of para-hydroxylation sites is 4. The molecule has 4 N–H and O–H groups in total. The van der Waals surface area contributed by atoms with Crippen molar-refractivity contribution in [1.29, 1.82) is 0 Å². The van der Waals surface area contributed by atoms with Gasteiger partial charge in [-0.15, -0.1) is 0 Å². The van der Waals surface area contributed by atoms with Gasteiger partial charge >= 0.3 is 24.7 Å². The Bertz CT molecular complexity index is 5360. The Kier molecular flexibility index (Phi) is 23.5. The number of nitrogens with zero attached hydrogens (tertiary/aromatic N) is 14. The average Bonchev–Trinajstić information content (AvgIpc) is 1.66. The molecule has 0 fully saturated rings. The van der Waals surface area contributed by atoms with Gasteiger partial charge in [-0.3, -0.25) is 52.9 Å². The number of anilines is 4. The molecule has 0 saturated carbocycles. The summed E-state index contributed by atoms with van der Waals surface area (Å²) in [5.41, 5.74) is 3.90. The lowest BCUT2D eigenvalue weighted by atomic mass is 10.1. The van der Waals surface area contributed by atoms with Crippen LogP contribution < -0.4 is 21.3 Å². The van der Waals surface area contributed by atoms with Crippen LogP contribution in [0.1, 0.15) is 86.2 Å². The Morgan fingerprint density at radius 2 is 0.578 bits per heavy atom. The first kappa shape index (κ1) is 79.2. The van der Waals surface area contributed by atoms with E-state index in [0.29, 0.717) is 61.9 Å². The number of nitrogens with one attached hydrogen (secondary N) is 4. The molecule has 8 aromatic heterocycles. The van der Waals surface area contributed by atoms with Crippen molar-refractivity contribution in [3.8, 4) is 0 Å². The number of halogens is 12. The molecule has 0 radical (unpaired) electrons. The van der Waals surface area contributed by atoms with Gasteiger partial charge in [0.05, 0.1) is 87.8 Å². The summed E-state index contributed by atoms with van der Waals surface area (Å²) in [6.07, 6.45) is -4.63. The Morgan fingerprint density at radius 1 is 0.276 bits per heavy atom. The highest BCUT2D eigenvalue weighted by Crippen LogP contribution is 2.35. The second-order valence-corrected chi connectivity index (χ2v) is 25.4. The molecule has 0 bridgehead atoms. The van der Waals surface area contributed by atoms with Crippen LogP contribution in [0.25, 0.3) is 43.6 Å². The van der Waals surface area contributed by atoms with Crippen LogP contribution in [0, 0.1) is 0 Å². The molecule has 16 rings (SSSR count). The minimum absolute atomic E-state index is 0.147. The highest BCUT2D eigenvalue weighted by atomic mass is 19.4. The van der Waals surface area contributed by atoms with Gasteiger partial charge in [-0.1, -0.05) is 103 Å². The van der Waals surface area contributed by atoms with Crippen molar-refractivity contribution in [2.75, 3.05) is 21.3 Å². The van der Waals surface area contributed by atoms with E-state index in [2.05, 4.69) is 71.6 Å². The molecule has 22 nitrogen and oxygen atoms in total. The molecule has 0 saturated heterocycles. The van der Waals surface area contributed by atoms with Crippen molar-refractivity contribution in [3.63, 3.8) is 0 Å². The molecule has 16 aromatic rings. The maximum absolute atomic E-state index is 12.8. The summed E-state index contributed by atoms with van der Waals surface area (Å²) in [6, 6.07) is 57.2. The fourth-order valence-electron chi connectivity index (χ4n) is 11.8. The average molecular weight is 1590 g/mol. The second kappa shape index (κ2) is 34.4. The summed E-state index contributed by atoms with van der Waals surface area (Å²) in [5, 5.41) is 31.7. The zero-order valence-corrected chi connectivity index (χ0v) is 59.8. The van der Waals surface area contributed by atoms with Gasteiger partial charge in [0, 0.05) is 64.9 Å². The van der Waals surface area contributed by atoms with Crippen molar-refractivity contribution < 1.29 is 71.9 Å². The lowest BCUT2D eigenvalue weighted by molar-refractivity contribution is -0.138. The van der Waals surface area contributed by atoms with E-state index in [-0.39, 0.29) is 49.0 Å². The fraction of sp³-hybridized carbons (Fsp3) is 0.0976. The van der Waals surface area contributed by atoms with E-state index < -0.39 is 64.7 Å². The molecular weight excluding hydrogens is 1530 g/mol. The fourth-order valence-corrected chi connectivity index (χ4v) is 11.8. The zero-order valence-electron chi connectivity index (χ0n) is 59.8. The first-order valence-electron chi connectivity index (χ1n) is 34.7. The van der Waals surface area contributed by atoms with Gasteiger partial charge in [-0.2, -0.15) is 73.1 Å². The summed E-state index contributed by atoms with van der Waals surface area (Å²) in [6.45, 7) is 1.03. The van der Waals surface area contributed by atoms with Gasteiger partial charge in [0.25, 0.3) is 23.6 Å². The monoisotopic (exact) mass is 1590 g/mol. The Labute approximate surface area is 648 Å². The normalized spacial score (nSPS) is 11.6. The topological polar surface area (TPSA) is 265 Å². The van der Waals surface area contributed by atoms with Crippen LogP contribution in [0.3, 0.4) is 0 Å². The minimum Gasteiger partial charge on any atom is -0.305 e. The van der Waals surface area contributed by atoms with Gasteiger partial charge in [-0.25, -0.2) is 15.0 Å². The smallest absolute Gasteiger partial charge is 0.305 e. The Hall–Kier alpha value is -14.9. The summed E-state index contributed by atoms with van der Waals surface area (Å²) in [4.78, 5) is 73.1. The van der Waals surface area contributed by atoms with Crippen LogP contribution in [0.15, 0.2) is 280 Å². The van der Waals surface area contributed by atoms with E-state index in [1.165, 1.54) is 98.2 Å². The van der Waals surface area contributed by atoms with Crippen molar-refractivity contribution in [2.45, 2.75) is 50.9 Å². The highest BCUT2D eigenvalue weighted by Gasteiger charge is 2.33. The van der Waals surface area contributed by atoms with Crippen LogP contribution >= 0.6 is 0 Å².